The monoisotopic (exact) mass is 215 g/mol. The van der Waals surface area contributed by atoms with Gasteiger partial charge in [-0.25, -0.2) is 9.78 Å². The van der Waals surface area contributed by atoms with Crippen molar-refractivity contribution in [3.8, 4) is 0 Å². The second-order valence-corrected chi connectivity index (χ2v) is 3.11. The van der Waals surface area contributed by atoms with E-state index in [9.17, 15) is 4.79 Å². The molecule has 0 amide bonds. The van der Waals surface area contributed by atoms with Gasteiger partial charge >= 0.3 is 5.97 Å². The average Bonchev–Trinajstić information content (AvgIpc) is 2.14. The van der Waals surface area contributed by atoms with Gasteiger partial charge in [-0.1, -0.05) is 17.7 Å². The molecule has 1 heterocycles. The molecule has 1 rings (SSSR count). The number of methoxy groups -OCH3 is 1. The van der Waals surface area contributed by atoms with Crippen LogP contribution in [-0.4, -0.2) is 29.3 Å². The fourth-order valence-corrected chi connectivity index (χ4v) is 1.21. The highest BCUT2D eigenvalue weighted by molar-refractivity contribution is 6.29. The molecule has 0 fully saturated rings. The van der Waals surface area contributed by atoms with Crippen molar-refractivity contribution in [2.75, 3.05) is 7.11 Å². The van der Waals surface area contributed by atoms with Crippen LogP contribution < -0.4 is 0 Å². The fraction of sp³-hybridized carbons (Fsp3) is 0.333. The number of ether oxygens (including phenoxy) is 1. The van der Waals surface area contributed by atoms with E-state index >= 15 is 0 Å². The van der Waals surface area contributed by atoms with Gasteiger partial charge in [0.05, 0.1) is 0 Å². The van der Waals surface area contributed by atoms with E-state index in [0.29, 0.717) is 10.8 Å². The number of carboxylic acid groups (broad SMARTS) is 1. The summed E-state index contributed by atoms with van der Waals surface area (Å²) in [6.07, 6.45) is -0.659. The zero-order chi connectivity index (χ0) is 10.6. The quantitative estimate of drug-likeness (QED) is 0.771. The van der Waals surface area contributed by atoms with Gasteiger partial charge in [-0.3, -0.25) is 0 Å². The lowest BCUT2D eigenvalue weighted by Gasteiger charge is -2.09. The third-order valence-electron chi connectivity index (χ3n) is 1.73. The highest BCUT2D eigenvalue weighted by Gasteiger charge is 2.17. The largest absolute Gasteiger partial charge is 0.479 e. The van der Waals surface area contributed by atoms with Gasteiger partial charge in [0.2, 0.25) is 0 Å². The number of pyridine rings is 1. The maximum atomic E-state index is 10.6. The molecule has 76 valence electrons. The molecule has 0 aliphatic carbocycles. The standard InChI is InChI=1S/C9H10ClNO3/c1-14-7(9(12)13)5-6-3-2-4-8(10)11-6/h2-4,7H,5H2,1H3,(H,12,13). The van der Waals surface area contributed by atoms with Gasteiger partial charge in [-0.15, -0.1) is 0 Å². The number of rotatable bonds is 4. The van der Waals surface area contributed by atoms with E-state index in [0.717, 1.165) is 0 Å². The molecular formula is C9H10ClNO3. The van der Waals surface area contributed by atoms with E-state index in [1.54, 1.807) is 18.2 Å². The third-order valence-corrected chi connectivity index (χ3v) is 1.94. The predicted molar refractivity (Wildman–Crippen MR) is 51.4 cm³/mol. The molecular weight excluding hydrogens is 206 g/mol. The van der Waals surface area contributed by atoms with Crippen LogP contribution in [-0.2, 0) is 16.0 Å². The first-order valence-electron chi connectivity index (χ1n) is 4.00. The maximum absolute atomic E-state index is 10.6. The highest BCUT2D eigenvalue weighted by atomic mass is 35.5. The van der Waals surface area contributed by atoms with Gasteiger partial charge < -0.3 is 9.84 Å². The molecule has 1 N–H and O–H groups in total. The van der Waals surface area contributed by atoms with Gasteiger partial charge in [-0.2, -0.15) is 0 Å². The van der Waals surface area contributed by atoms with Crippen molar-refractivity contribution < 1.29 is 14.6 Å². The summed E-state index contributed by atoms with van der Waals surface area (Å²) in [5.41, 5.74) is 0.603. The molecule has 0 saturated heterocycles. The number of halogens is 1. The maximum Gasteiger partial charge on any atom is 0.333 e. The highest BCUT2D eigenvalue weighted by Crippen LogP contribution is 2.08. The number of aromatic nitrogens is 1. The van der Waals surface area contributed by atoms with Crippen molar-refractivity contribution in [3.63, 3.8) is 0 Å². The summed E-state index contributed by atoms with van der Waals surface area (Å²) in [6.45, 7) is 0. The molecule has 0 aromatic carbocycles. The average molecular weight is 216 g/mol. The van der Waals surface area contributed by atoms with Gasteiger partial charge in [0.1, 0.15) is 5.15 Å². The minimum absolute atomic E-state index is 0.215. The molecule has 0 saturated carbocycles. The number of aliphatic carboxylic acids is 1. The topological polar surface area (TPSA) is 59.4 Å². The van der Waals surface area contributed by atoms with Crippen molar-refractivity contribution in [1.29, 1.82) is 0 Å². The van der Waals surface area contributed by atoms with Gasteiger partial charge in [-0.05, 0) is 12.1 Å². The number of carbonyl (C=O) groups is 1. The lowest BCUT2D eigenvalue weighted by molar-refractivity contribution is -0.148. The Balaban J connectivity index is 2.72. The summed E-state index contributed by atoms with van der Waals surface area (Å²) in [5.74, 6) is -1.01. The summed E-state index contributed by atoms with van der Waals surface area (Å²) < 4.78 is 4.77. The van der Waals surface area contributed by atoms with E-state index < -0.39 is 12.1 Å². The van der Waals surface area contributed by atoms with Crippen molar-refractivity contribution in [1.82, 2.24) is 4.98 Å². The molecule has 1 atom stereocenters. The summed E-state index contributed by atoms with van der Waals surface area (Å²) in [5, 5.41) is 9.07. The van der Waals surface area contributed by atoms with E-state index in [1.165, 1.54) is 7.11 Å². The Kier molecular flexibility index (Phi) is 3.85. The van der Waals surface area contributed by atoms with Crippen LogP contribution in [0, 0.1) is 0 Å². The first kappa shape index (κ1) is 10.9. The number of nitrogens with zero attached hydrogens (tertiary/aromatic N) is 1. The first-order valence-corrected chi connectivity index (χ1v) is 4.38. The van der Waals surface area contributed by atoms with E-state index in [-0.39, 0.29) is 6.42 Å². The predicted octanol–water partition coefficient (Wildman–Crippen LogP) is 1.38. The zero-order valence-corrected chi connectivity index (χ0v) is 8.36. The van der Waals surface area contributed by atoms with Crippen LogP contribution in [0.2, 0.25) is 5.15 Å². The smallest absolute Gasteiger partial charge is 0.333 e. The minimum Gasteiger partial charge on any atom is -0.479 e. The number of carboxylic acids is 1. The lowest BCUT2D eigenvalue weighted by Crippen LogP contribution is -2.25. The molecule has 1 aromatic heterocycles. The van der Waals surface area contributed by atoms with E-state index in [1.807, 2.05) is 0 Å². The molecule has 0 aliphatic heterocycles. The summed E-state index contributed by atoms with van der Waals surface area (Å²) >= 11 is 5.65. The lowest BCUT2D eigenvalue weighted by atomic mass is 10.2. The fourth-order valence-electron chi connectivity index (χ4n) is 1.03. The van der Waals surface area contributed by atoms with Crippen LogP contribution in [0.25, 0.3) is 0 Å². The third kappa shape index (κ3) is 2.97. The van der Waals surface area contributed by atoms with Gasteiger partial charge in [0, 0.05) is 19.2 Å². The van der Waals surface area contributed by atoms with Crippen molar-refractivity contribution in [2.45, 2.75) is 12.5 Å². The van der Waals surface area contributed by atoms with Gasteiger partial charge in [0.15, 0.2) is 6.10 Å². The Morgan fingerprint density at radius 1 is 1.71 bits per heavy atom. The van der Waals surface area contributed by atoms with E-state index in [4.69, 9.17) is 21.4 Å². The van der Waals surface area contributed by atoms with Crippen molar-refractivity contribution in [3.05, 3.63) is 29.0 Å². The molecule has 1 unspecified atom stereocenters. The molecule has 0 radical (unpaired) electrons. The van der Waals surface area contributed by atoms with Gasteiger partial charge in [0.25, 0.3) is 0 Å². The molecule has 0 aliphatic rings. The normalized spacial score (nSPS) is 12.4. The second kappa shape index (κ2) is 4.93. The summed E-state index contributed by atoms with van der Waals surface area (Å²) in [6, 6.07) is 5.06. The first-order chi connectivity index (χ1) is 6.63. The van der Waals surface area contributed by atoms with Crippen molar-refractivity contribution in [2.24, 2.45) is 0 Å². The molecule has 4 nitrogen and oxygen atoms in total. The van der Waals surface area contributed by atoms with Crippen LogP contribution in [0.3, 0.4) is 0 Å². The van der Waals surface area contributed by atoms with Crippen LogP contribution in [0.1, 0.15) is 5.69 Å². The van der Waals surface area contributed by atoms with Crippen molar-refractivity contribution >= 4 is 17.6 Å². The number of hydrogen-bond donors (Lipinski definition) is 1. The Morgan fingerprint density at radius 2 is 2.43 bits per heavy atom. The summed E-state index contributed by atoms with van der Waals surface area (Å²) in [7, 11) is 1.35. The van der Waals surface area contributed by atoms with Crippen LogP contribution in [0.15, 0.2) is 18.2 Å². The molecule has 0 bridgehead atoms. The molecule has 0 spiro atoms. The van der Waals surface area contributed by atoms with Crippen LogP contribution in [0.4, 0.5) is 0 Å². The van der Waals surface area contributed by atoms with Crippen LogP contribution in [0.5, 0.6) is 0 Å². The molecule has 5 heteroatoms. The Hall–Kier alpha value is -1.13. The van der Waals surface area contributed by atoms with Crippen LogP contribution >= 0.6 is 11.6 Å². The van der Waals surface area contributed by atoms with E-state index in [2.05, 4.69) is 4.98 Å². The Morgan fingerprint density at radius 3 is 2.93 bits per heavy atom. The Labute approximate surface area is 86.5 Å². The SMILES string of the molecule is COC(Cc1cccc(Cl)n1)C(=O)O. The Bertz CT molecular complexity index is 330. The molecule has 1 aromatic rings. The zero-order valence-electron chi connectivity index (χ0n) is 7.61. The molecule has 14 heavy (non-hydrogen) atoms. The number of hydrogen-bond acceptors (Lipinski definition) is 3. The second-order valence-electron chi connectivity index (χ2n) is 2.72. The summed E-state index contributed by atoms with van der Waals surface area (Å²) in [4.78, 5) is 14.6. The minimum atomic E-state index is -1.01.